The highest BCUT2D eigenvalue weighted by Gasteiger charge is 2.08. The molecule has 0 aliphatic rings. The highest BCUT2D eigenvalue weighted by molar-refractivity contribution is 7.80. The highest BCUT2D eigenvalue weighted by atomic mass is 32.1. The maximum absolute atomic E-state index is 5.55. The first-order valence-corrected chi connectivity index (χ1v) is 7.68. The molecule has 0 atom stereocenters. The second kappa shape index (κ2) is 7.23. The molecule has 110 valence electrons. The Balaban J connectivity index is 2.04. The number of nitrogens with zero attached hydrogens (tertiary/aromatic N) is 1. The second-order valence-electron chi connectivity index (χ2n) is 5.23. The molecule has 2 aromatic carbocycles. The predicted octanol–water partition coefficient (Wildman–Crippen LogP) is 4.52. The molecule has 0 amide bonds. The van der Waals surface area contributed by atoms with Crippen LogP contribution in [0.25, 0.3) is 0 Å². The minimum absolute atomic E-state index is 0.768. The molecule has 0 aromatic heterocycles. The molecule has 0 bridgehead atoms. The topological polar surface area (TPSA) is 15.3 Å². The molecule has 2 rings (SSSR count). The maximum atomic E-state index is 5.55. The van der Waals surface area contributed by atoms with Crippen molar-refractivity contribution in [3.63, 3.8) is 0 Å². The largest absolute Gasteiger partial charge is 0.345 e. The molecular weight excluding hydrogens is 276 g/mol. The third kappa shape index (κ3) is 4.30. The zero-order chi connectivity index (χ0) is 15.2. The lowest BCUT2D eigenvalue weighted by molar-refractivity contribution is 0.442. The maximum Gasteiger partial charge on any atom is 0.173 e. The third-order valence-corrected chi connectivity index (χ3v) is 4.00. The lowest BCUT2D eigenvalue weighted by Gasteiger charge is -2.24. The van der Waals surface area contributed by atoms with Gasteiger partial charge in [-0.1, -0.05) is 36.4 Å². The van der Waals surface area contributed by atoms with E-state index >= 15 is 0 Å². The van der Waals surface area contributed by atoms with Crippen molar-refractivity contribution < 1.29 is 0 Å². The van der Waals surface area contributed by atoms with Crippen LogP contribution in [0.1, 0.15) is 23.6 Å². The summed E-state index contributed by atoms with van der Waals surface area (Å²) in [5, 5.41) is 4.11. The fourth-order valence-electron chi connectivity index (χ4n) is 2.15. The molecule has 0 radical (unpaired) electrons. The third-order valence-electron chi connectivity index (χ3n) is 3.64. The number of hydrogen-bond donors (Lipinski definition) is 1. The summed E-state index contributed by atoms with van der Waals surface area (Å²) >= 11 is 5.55. The van der Waals surface area contributed by atoms with Crippen molar-refractivity contribution in [1.82, 2.24) is 4.90 Å². The van der Waals surface area contributed by atoms with Gasteiger partial charge in [-0.05, 0) is 61.8 Å². The number of aryl methyl sites for hydroxylation is 2. The first-order chi connectivity index (χ1) is 10.1. The van der Waals surface area contributed by atoms with Crippen LogP contribution in [0.2, 0.25) is 0 Å². The van der Waals surface area contributed by atoms with Gasteiger partial charge in [0.05, 0.1) is 0 Å². The standard InChI is InChI=1S/C18H22N2S/c1-4-20(13-16-8-6-5-7-9-16)18(21)19-17-11-10-14(2)15(3)12-17/h5-12H,4,13H2,1-3H3,(H,19,21). The van der Waals surface area contributed by atoms with E-state index in [2.05, 4.69) is 73.5 Å². The van der Waals surface area contributed by atoms with Crippen LogP contribution < -0.4 is 5.32 Å². The molecule has 21 heavy (non-hydrogen) atoms. The molecule has 0 saturated heterocycles. The molecule has 0 fully saturated rings. The van der Waals surface area contributed by atoms with Crippen LogP contribution in [-0.2, 0) is 6.54 Å². The van der Waals surface area contributed by atoms with E-state index in [9.17, 15) is 0 Å². The zero-order valence-corrected chi connectivity index (χ0v) is 13.7. The molecule has 2 nitrogen and oxygen atoms in total. The Bertz CT molecular complexity index is 608. The Labute approximate surface area is 132 Å². The fraction of sp³-hybridized carbons (Fsp3) is 0.278. The van der Waals surface area contributed by atoms with Crippen molar-refractivity contribution in [3.05, 3.63) is 65.2 Å². The molecule has 3 heteroatoms. The summed E-state index contributed by atoms with van der Waals surface area (Å²) in [5.41, 5.74) is 4.88. The van der Waals surface area contributed by atoms with E-state index in [0.29, 0.717) is 0 Å². The number of nitrogens with one attached hydrogen (secondary N) is 1. The molecule has 0 unspecified atom stereocenters. The van der Waals surface area contributed by atoms with Crippen molar-refractivity contribution in [1.29, 1.82) is 0 Å². The number of rotatable bonds is 4. The summed E-state index contributed by atoms with van der Waals surface area (Å²) < 4.78 is 0. The Morgan fingerprint density at radius 2 is 1.76 bits per heavy atom. The van der Waals surface area contributed by atoms with E-state index in [-0.39, 0.29) is 0 Å². The van der Waals surface area contributed by atoms with Crippen LogP contribution in [-0.4, -0.2) is 16.6 Å². The molecule has 0 spiro atoms. The quantitative estimate of drug-likeness (QED) is 0.835. The summed E-state index contributed by atoms with van der Waals surface area (Å²) in [4.78, 5) is 2.17. The van der Waals surface area contributed by atoms with Crippen LogP contribution >= 0.6 is 12.2 Å². The van der Waals surface area contributed by atoms with Crippen LogP contribution in [0.4, 0.5) is 5.69 Å². The lowest BCUT2D eigenvalue weighted by atomic mass is 10.1. The first-order valence-electron chi connectivity index (χ1n) is 7.27. The average molecular weight is 298 g/mol. The number of benzene rings is 2. The van der Waals surface area contributed by atoms with Crippen LogP contribution in [0, 0.1) is 13.8 Å². The van der Waals surface area contributed by atoms with Crippen LogP contribution in [0.15, 0.2) is 48.5 Å². The van der Waals surface area contributed by atoms with Crippen molar-refractivity contribution in [3.8, 4) is 0 Å². The molecule has 0 heterocycles. The van der Waals surface area contributed by atoms with E-state index in [0.717, 1.165) is 23.9 Å². The lowest BCUT2D eigenvalue weighted by Crippen LogP contribution is -2.34. The highest BCUT2D eigenvalue weighted by Crippen LogP contribution is 2.15. The Morgan fingerprint density at radius 3 is 2.38 bits per heavy atom. The summed E-state index contributed by atoms with van der Waals surface area (Å²) in [5.74, 6) is 0. The van der Waals surface area contributed by atoms with Gasteiger partial charge in [-0.3, -0.25) is 0 Å². The van der Waals surface area contributed by atoms with Gasteiger partial charge in [0.1, 0.15) is 0 Å². The van der Waals surface area contributed by atoms with E-state index in [4.69, 9.17) is 12.2 Å². The molecule has 0 aliphatic heterocycles. The van der Waals surface area contributed by atoms with E-state index in [1.807, 2.05) is 6.07 Å². The monoisotopic (exact) mass is 298 g/mol. The molecule has 2 aromatic rings. The molecule has 0 aliphatic carbocycles. The van der Waals surface area contributed by atoms with Gasteiger partial charge in [0.25, 0.3) is 0 Å². The summed E-state index contributed by atoms with van der Waals surface area (Å²) in [7, 11) is 0. The van der Waals surface area contributed by atoms with Crippen molar-refractivity contribution in [2.24, 2.45) is 0 Å². The Morgan fingerprint density at radius 1 is 1.05 bits per heavy atom. The van der Waals surface area contributed by atoms with Crippen molar-refractivity contribution >= 4 is 23.0 Å². The zero-order valence-electron chi connectivity index (χ0n) is 12.9. The summed E-state index contributed by atoms with van der Waals surface area (Å²) in [6.45, 7) is 8.06. The van der Waals surface area contributed by atoms with Crippen LogP contribution in [0.5, 0.6) is 0 Å². The van der Waals surface area contributed by atoms with E-state index < -0.39 is 0 Å². The van der Waals surface area contributed by atoms with Gasteiger partial charge < -0.3 is 10.2 Å². The van der Waals surface area contributed by atoms with Gasteiger partial charge in [-0.2, -0.15) is 0 Å². The Hall–Kier alpha value is -1.87. The second-order valence-corrected chi connectivity index (χ2v) is 5.62. The normalized spacial score (nSPS) is 10.2. The van der Waals surface area contributed by atoms with Gasteiger partial charge in [0, 0.05) is 18.8 Å². The number of anilines is 1. The molecule has 1 N–H and O–H groups in total. The van der Waals surface area contributed by atoms with Gasteiger partial charge >= 0.3 is 0 Å². The number of hydrogen-bond acceptors (Lipinski definition) is 1. The summed E-state index contributed by atoms with van der Waals surface area (Å²) in [6.07, 6.45) is 0. The molecule has 0 saturated carbocycles. The van der Waals surface area contributed by atoms with Crippen molar-refractivity contribution in [2.45, 2.75) is 27.3 Å². The minimum atomic E-state index is 0.768. The van der Waals surface area contributed by atoms with E-state index in [1.54, 1.807) is 0 Å². The first kappa shape index (κ1) is 15.5. The average Bonchev–Trinajstić information content (AvgIpc) is 2.49. The smallest absolute Gasteiger partial charge is 0.173 e. The summed E-state index contributed by atoms with van der Waals surface area (Å²) in [6, 6.07) is 16.7. The fourth-order valence-corrected chi connectivity index (χ4v) is 2.46. The van der Waals surface area contributed by atoms with Gasteiger partial charge in [0.2, 0.25) is 0 Å². The van der Waals surface area contributed by atoms with Gasteiger partial charge in [-0.25, -0.2) is 0 Å². The van der Waals surface area contributed by atoms with Gasteiger partial charge in [-0.15, -0.1) is 0 Å². The minimum Gasteiger partial charge on any atom is -0.345 e. The van der Waals surface area contributed by atoms with E-state index in [1.165, 1.54) is 16.7 Å². The Kier molecular flexibility index (Phi) is 5.34. The van der Waals surface area contributed by atoms with Crippen LogP contribution in [0.3, 0.4) is 0 Å². The molecular formula is C18H22N2S. The van der Waals surface area contributed by atoms with Gasteiger partial charge in [0.15, 0.2) is 5.11 Å². The van der Waals surface area contributed by atoms with Crippen molar-refractivity contribution in [2.75, 3.05) is 11.9 Å². The predicted molar refractivity (Wildman–Crippen MR) is 94.7 cm³/mol. The number of thiocarbonyl (C=S) groups is 1. The SMILES string of the molecule is CCN(Cc1ccccc1)C(=S)Nc1ccc(C)c(C)c1.